The Labute approximate surface area is 83.6 Å². The number of carbonyl (C=O) groups excluding carboxylic acids is 1. The van der Waals surface area contributed by atoms with Crippen molar-refractivity contribution >= 4 is 28.9 Å². The highest BCUT2D eigenvalue weighted by atomic mass is 35.5. The molecule has 0 fully saturated rings. The van der Waals surface area contributed by atoms with Crippen LogP contribution in [-0.4, -0.2) is 10.8 Å². The number of nitro groups is 1. The quantitative estimate of drug-likeness (QED) is 0.434. The Morgan fingerprint density at radius 1 is 1.50 bits per heavy atom. The molecule has 1 aromatic carbocycles. The van der Waals surface area contributed by atoms with Crippen LogP contribution < -0.4 is 11.5 Å². The number of nitro benzene ring substituents is 1. The highest BCUT2D eigenvalue weighted by molar-refractivity contribution is 6.33. The second kappa shape index (κ2) is 3.51. The largest absolute Gasteiger partial charge is 0.392 e. The molecule has 0 aliphatic heterocycles. The van der Waals surface area contributed by atoms with Crippen molar-refractivity contribution in [3.8, 4) is 0 Å². The first-order valence-corrected chi connectivity index (χ1v) is 3.85. The van der Waals surface area contributed by atoms with Gasteiger partial charge in [0.05, 0.1) is 10.5 Å². The molecule has 1 aromatic rings. The van der Waals surface area contributed by atoms with Gasteiger partial charge in [0.2, 0.25) is 0 Å². The molecular weight excluding hydrogens is 210 g/mol. The summed E-state index contributed by atoms with van der Waals surface area (Å²) in [5.41, 5.74) is 9.39. The fraction of sp³-hybridized carbons (Fsp3) is 0. The highest BCUT2D eigenvalue weighted by Gasteiger charge is 2.21. The molecule has 0 unspecified atom stereocenters. The second-order valence-electron chi connectivity index (χ2n) is 2.48. The number of rotatable bonds is 2. The molecule has 0 aliphatic carbocycles. The Morgan fingerprint density at radius 3 is 2.50 bits per heavy atom. The number of carbonyl (C=O) groups is 1. The van der Waals surface area contributed by atoms with Crippen molar-refractivity contribution in [1.82, 2.24) is 0 Å². The lowest BCUT2D eigenvalue weighted by Crippen LogP contribution is -2.14. The number of halogens is 1. The van der Waals surface area contributed by atoms with Crippen molar-refractivity contribution < 1.29 is 9.72 Å². The predicted octanol–water partition coefficient (Wildman–Crippen LogP) is 0.929. The van der Waals surface area contributed by atoms with Gasteiger partial charge in [0.25, 0.3) is 5.91 Å². The average molecular weight is 216 g/mol. The number of primary amides is 1. The molecular formula is C7H6ClN3O3. The van der Waals surface area contributed by atoms with E-state index in [9.17, 15) is 14.9 Å². The molecule has 0 radical (unpaired) electrons. The Morgan fingerprint density at radius 2 is 2.07 bits per heavy atom. The van der Waals surface area contributed by atoms with Crippen LogP contribution in [0.5, 0.6) is 0 Å². The normalized spacial score (nSPS) is 9.79. The smallest absolute Gasteiger partial charge is 0.311 e. The fourth-order valence-electron chi connectivity index (χ4n) is 0.982. The standard InChI is InChI=1S/C7H6ClN3O3/c8-4-2-1-3(7(10)12)5(9)6(4)11(13)14/h1-2H,9H2,(H2,10,12). The third-order valence-electron chi connectivity index (χ3n) is 1.62. The summed E-state index contributed by atoms with van der Waals surface area (Å²) in [7, 11) is 0. The molecule has 7 heteroatoms. The molecule has 1 amide bonds. The third kappa shape index (κ3) is 1.60. The summed E-state index contributed by atoms with van der Waals surface area (Å²) < 4.78 is 0. The van der Waals surface area contributed by atoms with Crippen molar-refractivity contribution in [1.29, 1.82) is 0 Å². The van der Waals surface area contributed by atoms with Crippen LogP contribution in [-0.2, 0) is 0 Å². The van der Waals surface area contributed by atoms with Crippen LogP contribution in [0.2, 0.25) is 5.02 Å². The van der Waals surface area contributed by atoms with Gasteiger partial charge in [-0.2, -0.15) is 0 Å². The minimum absolute atomic E-state index is 0.110. The highest BCUT2D eigenvalue weighted by Crippen LogP contribution is 2.32. The number of anilines is 1. The number of hydrogen-bond acceptors (Lipinski definition) is 4. The summed E-state index contributed by atoms with van der Waals surface area (Å²) in [6.07, 6.45) is 0. The van der Waals surface area contributed by atoms with Crippen molar-refractivity contribution in [3.63, 3.8) is 0 Å². The van der Waals surface area contributed by atoms with E-state index in [0.29, 0.717) is 0 Å². The molecule has 4 N–H and O–H groups in total. The lowest BCUT2D eigenvalue weighted by molar-refractivity contribution is -0.383. The molecule has 0 bridgehead atoms. The van der Waals surface area contributed by atoms with Crippen LogP contribution in [0.4, 0.5) is 11.4 Å². The van der Waals surface area contributed by atoms with Gasteiger partial charge < -0.3 is 11.5 Å². The maximum absolute atomic E-state index is 10.8. The van der Waals surface area contributed by atoms with Gasteiger partial charge in [-0.25, -0.2) is 0 Å². The number of hydrogen-bond donors (Lipinski definition) is 2. The number of benzene rings is 1. The Balaban J connectivity index is 3.49. The van der Waals surface area contributed by atoms with E-state index in [4.69, 9.17) is 23.1 Å². The molecule has 6 nitrogen and oxygen atoms in total. The van der Waals surface area contributed by atoms with Crippen LogP contribution in [0, 0.1) is 10.1 Å². The summed E-state index contributed by atoms with van der Waals surface area (Å²) in [4.78, 5) is 20.5. The lowest BCUT2D eigenvalue weighted by Gasteiger charge is -2.03. The minimum atomic E-state index is -0.831. The zero-order valence-corrected chi connectivity index (χ0v) is 7.62. The Hall–Kier alpha value is -1.82. The maximum Gasteiger partial charge on any atom is 0.311 e. The van der Waals surface area contributed by atoms with E-state index in [1.165, 1.54) is 12.1 Å². The van der Waals surface area contributed by atoms with Gasteiger partial charge in [0.1, 0.15) is 10.7 Å². The average Bonchev–Trinajstić information content (AvgIpc) is 2.02. The van der Waals surface area contributed by atoms with E-state index < -0.39 is 16.5 Å². The van der Waals surface area contributed by atoms with Crippen molar-refractivity contribution in [2.45, 2.75) is 0 Å². The summed E-state index contributed by atoms with van der Waals surface area (Å²) in [5, 5.41) is 10.4. The SMILES string of the molecule is NC(=O)c1ccc(Cl)c([N+](=O)[O-])c1N. The van der Waals surface area contributed by atoms with Gasteiger partial charge in [0, 0.05) is 0 Å². The zero-order valence-electron chi connectivity index (χ0n) is 6.86. The number of nitrogen functional groups attached to an aromatic ring is 1. The Kier molecular flexibility index (Phi) is 2.57. The van der Waals surface area contributed by atoms with E-state index in [0.717, 1.165) is 0 Å². The van der Waals surface area contributed by atoms with E-state index in [1.807, 2.05) is 0 Å². The molecule has 0 aromatic heterocycles. The molecule has 0 aliphatic rings. The number of amides is 1. The van der Waals surface area contributed by atoms with E-state index in [2.05, 4.69) is 0 Å². The topological polar surface area (TPSA) is 112 Å². The summed E-state index contributed by atoms with van der Waals surface area (Å²) in [6.45, 7) is 0. The molecule has 0 saturated carbocycles. The van der Waals surface area contributed by atoms with Gasteiger partial charge in [0.15, 0.2) is 0 Å². The summed E-state index contributed by atoms with van der Waals surface area (Å²) in [6, 6.07) is 2.45. The van der Waals surface area contributed by atoms with Crippen LogP contribution in [0.1, 0.15) is 10.4 Å². The second-order valence-corrected chi connectivity index (χ2v) is 2.89. The van der Waals surface area contributed by atoms with E-state index in [1.54, 1.807) is 0 Å². The molecule has 0 spiro atoms. The monoisotopic (exact) mass is 215 g/mol. The van der Waals surface area contributed by atoms with E-state index >= 15 is 0 Å². The van der Waals surface area contributed by atoms with Gasteiger partial charge in [-0.3, -0.25) is 14.9 Å². The van der Waals surface area contributed by atoms with Crippen molar-refractivity contribution in [2.24, 2.45) is 5.73 Å². The van der Waals surface area contributed by atoms with Crippen molar-refractivity contribution in [3.05, 3.63) is 32.8 Å². The summed E-state index contributed by atoms with van der Waals surface area (Å²) >= 11 is 5.53. The maximum atomic E-state index is 10.8. The van der Waals surface area contributed by atoms with Gasteiger partial charge >= 0.3 is 5.69 Å². The van der Waals surface area contributed by atoms with Gasteiger partial charge in [-0.15, -0.1) is 0 Å². The van der Waals surface area contributed by atoms with Gasteiger partial charge in [-0.1, -0.05) is 11.6 Å². The lowest BCUT2D eigenvalue weighted by atomic mass is 10.1. The first kappa shape index (κ1) is 10.3. The predicted molar refractivity (Wildman–Crippen MR) is 51.0 cm³/mol. The third-order valence-corrected chi connectivity index (χ3v) is 1.92. The fourth-order valence-corrected chi connectivity index (χ4v) is 1.22. The molecule has 0 atom stereocenters. The van der Waals surface area contributed by atoms with Crippen LogP contribution in [0.15, 0.2) is 12.1 Å². The first-order chi connectivity index (χ1) is 6.45. The zero-order chi connectivity index (χ0) is 10.9. The van der Waals surface area contributed by atoms with Crippen LogP contribution >= 0.6 is 11.6 Å². The summed E-state index contributed by atoms with van der Waals surface area (Å²) in [5.74, 6) is -0.831. The van der Waals surface area contributed by atoms with E-state index in [-0.39, 0.29) is 16.3 Å². The molecule has 1 rings (SSSR count). The van der Waals surface area contributed by atoms with Crippen LogP contribution in [0.25, 0.3) is 0 Å². The molecule has 74 valence electrons. The minimum Gasteiger partial charge on any atom is -0.392 e. The van der Waals surface area contributed by atoms with Crippen LogP contribution in [0.3, 0.4) is 0 Å². The molecule has 0 heterocycles. The first-order valence-electron chi connectivity index (χ1n) is 3.47. The molecule has 0 saturated heterocycles. The molecule has 14 heavy (non-hydrogen) atoms. The number of nitrogens with zero attached hydrogens (tertiary/aromatic N) is 1. The van der Waals surface area contributed by atoms with Crippen molar-refractivity contribution in [2.75, 3.05) is 5.73 Å². The van der Waals surface area contributed by atoms with Gasteiger partial charge in [-0.05, 0) is 12.1 Å². The number of nitrogens with two attached hydrogens (primary N) is 2. The Bertz CT molecular complexity index is 419.